The number of thiazole rings is 1. The minimum Gasteiger partial charge on any atom is -0.398 e. The van der Waals surface area contributed by atoms with Crippen LogP contribution >= 0.6 is 34.9 Å². The molecule has 0 saturated carbocycles. The minimum absolute atomic E-state index is 0.0904. The van der Waals surface area contributed by atoms with Gasteiger partial charge in [0.15, 0.2) is 10.3 Å². The van der Waals surface area contributed by atoms with E-state index in [1.807, 2.05) is 25.3 Å². The molecular weight excluding hydrogens is 440 g/mol. The normalized spacial score (nSPS) is 12.1. The molecule has 4 aromatic rings. The maximum Gasteiger partial charge on any atom is 0.259 e. The van der Waals surface area contributed by atoms with Crippen molar-refractivity contribution >= 4 is 51.6 Å². The molecule has 9 nitrogen and oxygen atoms in total. The molecule has 4 rings (SSSR count). The Morgan fingerprint density at radius 3 is 2.93 bits per heavy atom. The van der Waals surface area contributed by atoms with Gasteiger partial charge in [0.25, 0.3) is 5.91 Å². The van der Waals surface area contributed by atoms with Crippen molar-refractivity contribution in [3.63, 3.8) is 0 Å². The third-order valence-corrected chi connectivity index (χ3v) is 6.65. The van der Waals surface area contributed by atoms with Gasteiger partial charge in [-0.05, 0) is 43.8 Å². The molecule has 154 valence electrons. The summed E-state index contributed by atoms with van der Waals surface area (Å²) in [5.41, 5.74) is 7.67. The molecule has 0 aliphatic carbocycles. The van der Waals surface area contributed by atoms with Gasteiger partial charge in [-0.2, -0.15) is 0 Å². The van der Waals surface area contributed by atoms with Crippen molar-refractivity contribution in [3.05, 3.63) is 53.1 Å². The number of nitrogens with zero attached hydrogens (tertiary/aromatic N) is 4. The summed E-state index contributed by atoms with van der Waals surface area (Å²) in [6, 6.07) is 5.26. The van der Waals surface area contributed by atoms with Crippen molar-refractivity contribution in [3.8, 4) is 0 Å². The summed E-state index contributed by atoms with van der Waals surface area (Å²) in [6.07, 6.45) is 3.49. The van der Waals surface area contributed by atoms with Gasteiger partial charge in [0, 0.05) is 28.4 Å². The molecule has 0 spiro atoms. The predicted molar refractivity (Wildman–Crippen MR) is 119 cm³/mol. The Hall–Kier alpha value is -2.83. The maximum absolute atomic E-state index is 12.8. The largest absolute Gasteiger partial charge is 0.398 e. The van der Waals surface area contributed by atoms with Crippen LogP contribution in [0.2, 0.25) is 0 Å². The van der Waals surface area contributed by atoms with Gasteiger partial charge in [-0.15, -0.1) is 16.4 Å². The lowest BCUT2D eigenvalue weighted by atomic mass is 10.1. The second kappa shape index (κ2) is 8.90. The molecule has 30 heavy (non-hydrogen) atoms. The van der Waals surface area contributed by atoms with E-state index in [4.69, 9.17) is 5.73 Å². The zero-order chi connectivity index (χ0) is 21.1. The van der Waals surface area contributed by atoms with Crippen molar-refractivity contribution < 1.29 is 4.79 Å². The van der Waals surface area contributed by atoms with Crippen LogP contribution in [0.25, 0.3) is 0 Å². The van der Waals surface area contributed by atoms with Crippen LogP contribution in [-0.4, -0.2) is 36.0 Å². The second-order valence-corrected chi connectivity index (χ2v) is 9.47. The maximum atomic E-state index is 12.8. The molecule has 1 unspecified atom stereocenters. The second-order valence-electron chi connectivity index (χ2n) is 6.24. The van der Waals surface area contributed by atoms with E-state index >= 15 is 0 Å². The molecule has 0 radical (unpaired) electrons. The van der Waals surface area contributed by atoms with Crippen molar-refractivity contribution in [1.29, 1.82) is 0 Å². The summed E-state index contributed by atoms with van der Waals surface area (Å²) in [5, 5.41) is 13.7. The zero-order valence-electron chi connectivity index (χ0n) is 16.0. The highest BCUT2D eigenvalue weighted by Gasteiger charge is 2.17. The van der Waals surface area contributed by atoms with Gasteiger partial charge >= 0.3 is 0 Å². The van der Waals surface area contributed by atoms with Crippen LogP contribution in [0.3, 0.4) is 0 Å². The Kier molecular flexibility index (Phi) is 6.06. The number of rotatable bonds is 7. The number of anilines is 2. The molecule has 1 amide bonds. The first-order valence-electron chi connectivity index (χ1n) is 8.87. The van der Waals surface area contributed by atoms with E-state index in [0.717, 1.165) is 21.6 Å². The molecule has 0 bridgehead atoms. The molecule has 5 N–H and O–H groups in total. The first-order valence-corrected chi connectivity index (χ1v) is 11.4. The standard InChI is InChI=1S/C18H18N8OS3/c1-9(29-16-20-5-6-21-16)14-8-28-17(23-14)24-15(27)12-7-11(3-4-13(12)19)30-18-22-10(2)25-26-18/h3-9H,19H2,1-2H3,(H,20,21)(H,22,25,26)(H,23,24,27). The Morgan fingerprint density at radius 1 is 1.33 bits per heavy atom. The molecule has 3 heterocycles. The number of benzene rings is 1. The van der Waals surface area contributed by atoms with Crippen molar-refractivity contribution in [2.75, 3.05) is 11.1 Å². The number of thioether (sulfide) groups is 1. The van der Waals surface area contributed by atoms with Crippen LogP contribution in [0.1, 0.15) is 34.0 Å². The first-order chi connectivity index (χ1) is 14.5. The molecule has 1 aromatic carbocycles. The average Bonchev–Trinajstić information content (AvgIpc) is 3.46. The van der Waals surface area contributed by atoms with Gasteiger partial charge < -0.3 is 10.7 Å². The highest BCUT2D eigenvalue weighted by molar-refractivity contribution is 7.99. The summed E-state index contributed by atoms with van der Waals surface area (Å²) in [6.45, 7) is 3.87. The summed E-state index contributed by atoms with van der Waals surface area (Å²) >= 11 is 4.29. The molecule has 0 fully saturated rings. The lowest BCUT2D eigenvalue weighted by Crippen LogP contribution is -2.14. The molecular formula is C18H18N8OS3. The Labute approximate surface area is 184 Å². The van der Waals surface area contributed by atoms with Crippen LogP contribution in [0.15, 0.2) is 51.2 Å². The molecule has 0 aliphatic heterocycles. The Balaban J connectivity index is 1.44. The van der Waals surface area contributed by atoms with Crippen LogP contribution in [0.4, 0.5) is 10.8 Å². The van der Waals surface area contributed by atoms with E-state index < -0.39 is 0 Å². The number of nitrogen functional groups attached to an aromatic ring is 1. The molecule has 0 aliphatic rings. The Bertz CT molecular complexity index is 1150. The van der Waals surface area contributed by atoms with Gasteiger partial charge in [-0.25, -0.2) is 15.0 Å². The summed E-state index contributed by atoms with van der Waals surface area (Å²) in [7, 11) is 0. The molecule has 3 aromatic heterocycles. The summed E-state index contributed by atoms with van der Waals surface area (Å²) in [5.74, 6) is 0.415. The van der Waals surface area contributed by atoms with E-state index in [0.29, 0.717) is 21.5 Å². The fraction of sp³-hybridized carbons (Fsp3) is 0.167. The highest BCUT2D eigenvalue weighted by Crippen LogP contribution is 2.34. The number of aromatic amines is 2. The fourth-order valence-corrected chi connectivity index (χ4v) is 5.02. The zero-order valence-corrected chi connectivity index (χ0v) is 18.5. The average molecular weight is 459 g/mol. The number of nitrogens with two attached hydrogens (primary N) is 1. The fourth-order valence-electron chi connectivity index (χ4n) is 2.51. The van der Waals surface area contributed by atoms with Crippen LogP contribution < -0.4 is 11.1 Å². The smallest absolute Gasteiger partial charge is 0.259 e. The van der Waals surface area contributed by atoms with Crippen molar-refractivity contribution in [2.45, 2.75) is 34.3 Å². The summed E-state index contributed by atoms with van der Waals surface area (Å²) in [4.78, 5) is 29.7. The lowest BCUT2D eigenvalue weighted by molar-refractivity contribution is 0.102. The van der Waals surface area contributed by atoms with E-state index in [1.54, 1.807) is 36.3 Å². The van der Waals surface area contributed by atoms with Crippen LogP contribution in [0.5, 0.6) is 0 Å². The van der Waals surface area contributed by atoms with E-state index in [-0.39, 0.29) is 11.2 Å². The first kappa shape index (κ1) is 20.4. The third-order valence-electron chi connectivity index (χ3n) is 3.98. The van der Waals surface area contributed by atoms with E-state index in [2.05, 4.69) is 35.5 Å². The number of amides is 1. The quantitative estimate of drug-likeness (QED) is 0.239. The molecule has 12 heteroatoms. The van der Waals surface area contributed by atoms with Crippen LogP contribution in [-0.2, 0) is 0 Å². The number of imidazole rings is 1. The van der Waals surface area contributed by atoms with Crippen molar-refractivity contribution in [1.82, 2.24) is 30.1 Å². The van der Waals surface area contributed by atoms with Gasteiger partial charge in [0.05, 0.1) is 16.5 Å². The van der Waals surface area contributed by atoms with Gasteiger partial charge in [0.2, 0.25) is 5.16 Å². The Morgan fingerprint density at radius 2 is 2.20 bits per heavy atom. The van der Waals surface area contributed by atoms with E-state index in [1.165, 1.54) is 23.1 Å². The van der Waals surface area contributed by atoms with Gasteiger partial charge in [0.1, 0.15) is 5.82 Å². The number of carbonyl (C=O) groups is 1. The third kappa shape index (κ3) is 4.83. The number of nitrogens with one attached hydrogen (secondary N) is 3. The van der Waals surface area contributed by atoms with Crippen molar-refractivity contribution in [2.24, 2.45) is 0 Å². The number of carbonyl (C=O) groups excluding carboxylic acids is 1. The topological polar surface area (TPSA) is 138 Å². The molecule has 1 atom stereocenters. The highest BCUT2D eigenvalue weighted by atomic mass is 32.2. The lowest BCUT2D eigenvalue weighted by Gasteiger charge is -2.08. The number of H-pyrrole nitrogens is 2. The van der Waals surface area contributed by atoms with Gasteiger partial charge in [-0.1, -0.05) is 11.8 Å². The monoisotopic (exact) mass is 458 g/mol. The van der Waals surface area contributed by atoms with Gasteiger partial charge in [-0.3, -0.25) is 15.2 Å². The molecule has 0 saturated heterocycles. The summed E-state index contributed by atoms with van der Waals surface area (Å²) < 4.78 is 0. The predicted octanol–water partition coefficient (Wildman–Crippen LogP) is 4.13. The minimum atomic E-state index is -0.312. The number of aryl methyl sites for hydroxylation is 1. The number of aromatic nitrogens is 6. The number of hydrogen-bond donors (Lipinski definition) is 4. The number of hydrogen-bond acceptors (Lipinski definition) is 9. The SMILES string of the molecule is Cc1nc(Sc2ccc(N)c(C(=O)Nc3nc(C(C)Sc4ncc[nH]4)cs3)c2)n[nH]1. The van der Waals surface area contributed by atoms with Crippen LogP contribution in [0, 0.1) is 6.92 Å². The van der Waals surface area contributed by atoms with E-state index in [9.17, 15) is 4.79 Å².